The van der Waals surface area contributed by atoms with Crippen molar-refractivity contribution in [3.8, 4) is 16.9 Å². The normalized spacial score (nSPS) is 19.4. The van der Waals surface area contributed by atoms with Gasteiger partial charge in [0.15, 0.2) is 0 Å². The zero-order valence-corrected chi connectivity index (χ0v) is 12.7. The van der Waals surface area contributed by atoms with Gasteiger partial charge in [-0.1, -0.05) is 24.3 Å². The number of piperidine rings is 1. The van der Waals surface area contributed by atoms with Crippen molar-refractivity contribution < 1.29 is 4.74 Å². The summed E-state index contributed by atoms with van der Waals surface area (Å²) in [6, 6.07) is 12.4. The third-order valence-electron chi connectivity index (χ3n) is 4.25. The Labute approximate surface area is 126 Å². The number of pyridine rings is 1. The predicted molar refractivity (Wildman–Crippen MR) is 85.7 cm³/mol. The number of methoxy groups -OCH3 is 1. The lowest BCUT2D eigenvalue weighted by Crippen LogP contribution is -2.31. The third kappa shape index (κ3) is 3.08. The van der Waals surface area contributed by atoms with Gasteiger partial charge in [0.25, 0.3) is 0 Å². The van der Waals surface area contributed by atoms with E-state index >= 15 is 0 Å². The molecule has 0 saturated carbocycles. The molecule has 21 heavy (non-hydrogen) atoms. The van der Waals surface area contributed by atoms with Gasteiger partial charge in [0.05, 0.1) is 7.11 Å². The molecule has 2 heterocycles. The molecule has 1 aromatic heterocycles. The van der Waals surface area contributed by atoms with Crippen molar-refractivity contribution >= 4 is 0 Å². The van der Waals surface area contributed by atoms with Gasteiger partial charge >= 0.3 is 0 Å². The monoisotopic (exact) mass is 282 g/mol. The minimum absolute atomic E-state index is 0.565. The Morgan fingerprint density at radius 2 is 2.05 bits per heavy atom. The number of nitrogens with zero attached hydrogens (tertiary/aromatic N) is 2. The average molecular weight is 282 g/mol. The topological polar surface area (TPSA) is 25.4 Å². The molecule has 1 fully saturated rings. The van der Waals surface area contributed by atoms with Crippen LogP contribution in [-0.2, 0) is 0 Å². The molecule has 0 bridgehead atoms. The number of para-hydroxylation sites is 1. The first-order chi connectivity index (χ1) is 10.3. The highest BCUT2D eigenvalue weighted by Gasteiger charge is 2.19. The van der Waals surface area contributed by atoms with E-state index < -0.39 is 0 Å². The molecular formula is C18H22N2O. The molecule has 1 aliphatic heterocycles. The quantitative estimate of drug-likeness (QED) is 0.860. The van der Waals surface area contributed by atoms with Crippen molar-refractivity contribution in [2.75, 3.05) is 27.2 Å². The van der Waals surface area contributed by atoms with Gasteiger partial charge in [-0.05, 0) is 38.6 Å². The van der Waals surface area contributed by atoms with Crippen molar-refractivity contribution in [2.24, 2.45) is 0 Å². The first-order valence-corrected chi connectivity index (χ1v) is 7.56. The molecule has 3 rings (SSSR count). The molecule has 1 unspecified atom stereocenters. The van der Waals surface area contributed by atoms with E-state index in [9.17, 15) is 0 Å². The molecule has 0 N–H and O–H groups in total. The van der Waals surface area contributed by atoms with Gasteiger partial charge in [-0.15, -0.1) is 0 Å². The van der Waals surface area contributed by atoms with Crippen LogP contribution >= 0.6 is 0 Å². The molecule has 0 spiro atoms. The molecule has 3 heteroatoms. The van der Waals surface area contributed by atoms with Crippen LogP contribution in [0.2, 0.25) is 0 Å². The maximum atomic E-state index is 5.43. The van der Waals surface area contributed by atoms with Crippen LogP contribution in [0.25, 0.3) is 11.1 Å². The summed E-state index contributed by atoms with van der Waals surface area (Å²) in [5.74, 6) is 1.46. The minimum atomic E-state index is 0.565. The van der Waals surface area contributed by atoms with Crippen LogP contribution in [0.5, 0.6) is 5.75 Å². The van der Waals surface area contributed by atoms with Crippen LogP contribution < -0.4 is 4.74 Å². The van der Waals surface area contributed by atoms with Gasteiger partial charge in [-0.25, -0.2) is 0 Å². The number of rotatable bonds is 3. The van der Waals surface area contributed by atoms with Crippen LogP contribution in [0.3, 0.4) is 0 Å². The van der Waals surface area contributed by atoms with Crippen molar-refractivity contribution in [1.82, 2.24) is 9.88 Å². The van der Waals surface area contributed by atoms with E-state index in [1.165, 1.54) is 25.1 Å². The zero-order valence-electron chi connectivity index (χ0n) is 12.7. The summed E-state index contributed by atoms with van der Waals surface area (Å²) in [6.07, 6.45) is 4.48. The standard InChI is InChI=1S/C18H22N2O/c1-20-11-5-6-15(13-20)17-10-9-14(12-19-17)16-7-3-4-8-18(16)21-2/h3-4,7-10,12,15H,5-6,11,13H2,1-2H3. The molecule has 1 aromatic carbocycles. The van der Waals surface area contributed by atoms with Gasteiger partial charge in [0.2, 0.25) is 0 Å². The number of likely N-dealkylation sites (tertiary alicyclic amines) is 1. The Balaban J connectivity index is 1.83. The number of benzene rings is 1. The molecule has 1 saturated heterocycles. The van der Waals surface area contributed by atoms with Gasteiger partial charge in [-0.2, -0.15) is 0 Å². The fourth-order valence-electron chi connectivity index (χ4n) is 3.10. The van der Waals surface area contributed by atoms with E-state index in [1.54, 1.807) is 7.11 Å². The van der Waals surface area contributed by atoms with Gasteiger partial charge < -0.3 is 9.64 Å². The van der Waals surface area contributed by atoms with Gasteiger partial charge in [0, 0.05) is 35.5 Å². The van der Waals surface area contributed by atoms with Gasteiger partial charge in [-0.3, -0.25) is 4.98 Å². The Hall–Kier alpha value is -1.87. The highest BCUT2D eigenvalue weighted by molar-refractivity contribution is 5.69. The lowest BCUT2D eigenvalue weighted by molar-refractivity contribution is 0.248. The van der Waals surface area contributed by atoms with Crippen molar-refractivity contribution in [3.05, 3.63) is 48.3 Å². The Bertz CT molecular complexity index is 594. The SMILES string of the molecule is COc1ccccc1-c1ccc(C2CCCN(C)C2)nc1. The second-order valence-corrected chi connectivity index (χ2v) is 5.77. The molecule has 0 amide bonds. The summed E-state index contributed by atoms with van der Waals surface area (Å²) in [7, 11) is 3.90. The van der Waals surface area contributed by atoms with Gasteiger partial charge in [0.1, 0.15) is 5.75 Å². The number of aromatic nitrogens is 1. The summed E-state index contributed by atoms with van der Waals surface area (Å²) in [5, 5.41) is 0. The van der Waals surface area contributed by atoms with Crippen LogP contribution in [0.1, 0.15) is 24.5 Å². The molecule has 0 aliphatic carbocycles. The van der Waals surface area contributed by atoms with Crippen LogP contribution in [0, 0.1) is 0 Å². The van der Waals surface area contributed by atoms with E-state index in [1.807, 2.05) is 24.4 Å². The summed E-state index contributed by atoms with van der Waals surface area (Å²) in [4.78, 5) is 7.10. The molecular weight excluding hydrogens is 260 g/mol. The van der Waals surface area contributed by atoms with Crippen molar-refractivity contribution in [1.29, 1.82) is 0 Å². The largest absolute Gasteiger partial charge is 0.496 e. The van der Waals surface area contributed by atoms with E-state index in [2.05, 4.69) is 30.1 Å². The maximum absolute atomic E-state index is 5.43. The summed E-state index contributed by atoms with van der Waals surface area (Å²) in [6.45, 7) is 2.32. The first kappa shape index (κ1) is 14.1. The second kappa shape index (κ2) is 6.27. The van der Waals surface area contributed by atoms with Crippen LogP contribution in [-0.4, -0.2) is 37.1 Å². The molecule has 3 nitrogen and oxygen atoms in total. The molecule has 2 aromatic rings. The van der Waals surface area contributed by atoms with E-state index in [0.717, 1.165) is 23.4 Å². The Kier molecular flexibility index (Phi) is 4.20. The first-order valence-electron chi connectivity index (χ1n) is 7.56. The number of ether oxygens (including phenoxy) is 1. The minimum Gasteiger partial charge on any atom is -0.496 e. The Morgan fingerprint density at radius 1 is 1.19 bits per heavy atom. The molecule has 1 aliphatic rings. The lowest BCUT2D eigenvalue weighted by Gasteiger charge is -2.29. The summed E-state index contributed by atoms with van der Waals surface area (Å²) in [5.41, 5.74) is 3.42. The number of hydrogen-bond donors (Lipinski definition) is 0. The van der Waals surface area contributed by atoms with E-state index in [0.29, 0.717) is 5.92 Å². The maximum Gasteiger partial charge on any atom is 0.126 e. The van der Waals surface area contributed by atoms with E-state index in [4.69, 9.17) is 9.72 Å². The number of likely N-dealkylation sites (N-methyl/N-ethyl adjacent to an activating group) is 1. The predicted octanol–water partition coefficient (Wildman–Crippen LogP) is 3.57. The Morgan fingerprint density at radius 3 is 2.76 bits per heavy atom. The smallest absolute Gasteiger partial charge is 0.126 e. The van der Waals surface area contributed by atoms with Crippen molar-refractivity contribution in [2.45, 2.75) is 18.8 Å². The van der Waals surface area contributed by atoms with Crippen LogP contribution in [0.15, 0.2) is 42.6 Å². The number of hydrogen-bond acceptors (Lipinski definition) is 3. The summed E-state index contributed by atoms with van der Waals surface area (Å²) < 4.78 is 5.43. The summed E-state index contributed by atoms with van der Waals surface area (Å²) >= 11 is 0. The van der Waals surface area contributed by atoms with Crippen LogP contribution in [0.4, 0.5) is 0 Å². The van der Waals surface area contributed by atoms with E-state index in [-0.39, 0.29) is 0 Å². The fourth-order valence-corrected chi connectivity index (χ4v) is 3.10. The third-order valence-corrected chi connectivity index (χ3v) is 4.25. The molecule has 1 atom stereocenters. The molecule has 0 radical (unpaired) electrons. The van der Waals surface area contributed by atoms with Crippen molar-refractivity contribution in [3.63, 3.8) is 0 Å². The fraction of sp³-hybridized carbons (Fsp3) is 0.389. The average Bonchev–Trinajstić information content (AvgIpc) is 2.55. The zero-order chi connectivity index (χ0) is 14.7. The molecule has 110 valence electrons. The second-order valence-electron chi connectivity index (χ2n) is 5.77. The highest BCUT2D eigenvalue weighted by Crippen LogP contribution is 2.31. The highest BCUT2D eigenvalue weighted by atomic mass is 16.5. The lowest BCUT2D eigenvalue weighted by atomic mass is 9.94.